The Morgan fingerprint density at radius 2 is 1.48 bits per heavy atom. The minimum atomic E-state index is 1.04. The van der Waals surface area contributed by atoms with Crippen LogP contribution >= 0.6 is 0 Å². The summed E-state index contributed by atoms with van der Waals surface area (Å²) in [5, 5.41) is 4.63. The van der Waals surface area contributed by atoms with E-state index in [1.54, 1.807) is 0 Å². The van der Waals surface area contributed by atoms with Gasteiger partial charge in [0, 0.05) is 0 Å². The zero-order chi connectivity index (χ0) is 14.3. The van der Waals surface area contributed by atoms with Gasteiger partial charge in [0.2, 0.25) is 0 Å². The first-order valence-electron chi connectivity index (χ1n) is 7.55. The van der Waals surface area contributed by atoms with E-state index in [0.717, 1.165) is 18.5 Å². The van der Waals surface area contributed by atoms with Crippen LogP contribution in [0.25, 0.3) is 6.08 Å². The molecule has 0 atom stereocenters. The van der Waals surface area contributed by atoms with E-state index in [1.807, 2.05) is 30.3 Å². The Morgan fingerprint density at radius 3 is 2.24 bits per heavy atom. The second-order valence-corrected chi connectivity index (χ2v) is 5.32. The van der Waals surface area contributed by atoms with E-state index in [2.05, 4.69) is 46.9 Å². The van der Waals surface area contributed by atoms with E-state index in [0.29, 0.717) is 0 Å². The lowest BCUT2D eigenvalue weighted by atomic mass is 9.91. The van der Waals surface area contributed by atoms with Crippen molar-refractivity contribution in [1.29, 1.82) is 0 Å². The highest BCUT2D eigenvalue weighted by Gasteiger charge is 2.13. The molecule has 21 heavy (non-hydrogen) atoms. The largest absolute Gasteiger partial charge is 0.278 e. The molecular formula is C19H20N2. The molecule has 2 heteroatoms. The van der Waals surface area contributed by atoms with Crippen molar-refractivity contribution in [2.75, 3.05) is 5.43 Å². The highest BCUT2D eigenvalue weighted by molar-refractivity contribution is 6.04. The van der Waals surface area contributed by atoms with Crippen LogP contribution < -0.4 is 5.43 Å². The van der Waals surface area contributed by atoms with Crippen molar-refractivity contribution in [1.82, 2.24) is 0 Å². The molecule has 2 nitrogen and oxygen atoms in total. The quantitative estimate of drug-likeness (QED) is 0.774. The van der Waals surface area contributed by atoms with E-state index in [4.69, 9.17) is 0 Å². The average Bonchev–Trinajstić information content (AvgIpc) is 2.56. The van der Waals surface area contributed by atoms with Crippen molar-refractivity contribution in [2.45, 2.75) is 25.7 Å². The molecule has 0 saturated heterocycles. The van der Waals surface area contributed by atoms with E-state index in [-0.39, 0.29) is 0 Å². The first kappa shape index (κ1) is 13.6. The maximum Gasteiger partial charge on any atom is 0.0639 e. The van der Waals surface area contributed by atoms with Gasteiger partial charge in [-0.25, -0.2) is 0 Å². The Labute approximate surface area is 126 Å². The van der Waals surface area contributed by atoms with Gasteiger partial charge in [-0.3, -0.25) is 5.43 Å². The SMILES string of the molecule is C(=C1/CCCC/C1=N\Nc1ccccc1)/c1ccccc1. The molecule has 0 unspecified atom stereocenters. The fourth-order valence-corrected chi connectivity index (χ4v) is 2.59. The molecule has 1 aliphatic carbocycles. The van der Waals surface area contributed by atoms with Gasteiger partial charge in [-0.1, -0.05) is 48.5 Å². The smallest absolute Gasteiger partial charge is 0.0639 e. The van der Waals surface area contributed by atoms with Gasteiger partial charge < -0.3 is 0 Å². The molecule has 0 bridgehead atoms. The van der Waals surface area contributed by atoms with E-state index < -0.39 is 0 Å². The second-order valence-electron chi connectivity index (χ2n) is 5.32. The summed E-state index contributed by atoms with van der Waals surface area (Å²) in [4.78, 5) is 0. The minimum absolute atomic E-state index is 1.04. The normalized spacial score (nSPS) is 18.9. The van der Waals surface area contributed by atoms with Crippen LogP contribution in [0.4, 0.5) is 5.69 Å². The third-order valence-electron chi connectivity index (χ3n) is 3.71. The number of benzene rings is 2. The summed E-state index contributed by atoms with van der Waals surface area (Å²) in [5.41, 5.74) is 8.01. The summed E-state index contributed by atoms with van der Waals surface area (Å²) >= 11 is 0. The predicted octanol–water partition coefficient (Wildman–Crippen LogP) is 5.11. The van der Waals surface area contributed by atoms with Crippen molar-refractivity contribution in [3.63, 3.8) is 0 Å². The molecule has 3 rings (SSSR count). The van der Waals surface area contributed by atoms with Crippen LogP contribution in [-0.2, 0) is 0 Å². The Kier molecular flexibility index (Phi) is 4.47. The first-order valence-corrected chi connectivity index (χ1v) is 7.55. The summed E-state index contributed by atoms with van der Waals surface area (Å²) in [5.74, 6) is 0. The maximum atomic E-state index is 4.63. The van der Waals surface area contributed by atoms with Gasteiger partial charge in [0.05, 0.1) is 11.4 Å². The maximum absolute atomic E-state index is 4.63. The molecule has 1 N–H and O–H groups in total. The van der Waals surface area contributed by atoms with Gasteiger partial charge in [-0.15, -0.1) is 0 Å². The zero-order valence-electron chi connectivity index (χ0n) is 12.1. The molecule has 1 saturated carbocycles. The fraction of sp³-hybridized carbons (Fsp3) is 0.211. The summed E-state index contributed by atoms with van der Waals surface area (Å²) < 4.78 is 0. The topological polar surface area (TPSA) is 24.4 Å². The van der Waals surface area contributed by atoms with E-state index in [1.165, 1.54) is 29.7 Å². The molecule has 1 aliphatic rings. The Morgan fingerprint density at radius 1 is 0.810 bits per heavy atom. The summed E-state index contributed by atoms with van der Waals surface area (Å²) in [7, 11) is 0. The molecule has 2 aromatic rings. The van der Waals surface area contributed by atoms with Gasteiger partial charge in [0.1, 0.15) is 0 Å². The van der Waals surface area contributed by atoms with Gasteiger partial charge in [-0.2, -0.15) is 5.10 Å². The fourth-order valence-electron chi connectivity index (χ4n) is 2.59. The third kappa shape index (κ3) is 3.82. The molecule has 0 aromatic heterocycles. The second kappa shape index (κ2) is 6.89. The van der Waals surface area contributed by atoms with Gasteiger partial charge in [0.15, 0.2) is 0 Å². The molecular weight excluding hydrogens is 256 g/mol. The average molecular weight is 276 g/mol. The zero-order valence-corrected chi connectivity index (χ0v) is 12.1. The van der Waals surface area contributed by atoms with Gasteiger partial charge in [0.25, 0.3) is 0 Å². The molecule has 1 fully saturated rings. The van der Waals surface area contributed by atoms with Crippen molar-refractivity contribution in [3.8, 4) is 0 Å². The molecule has 106 valence electrons. The number of hydrogen-bond donors (Lipinski definition) is 1. The highest BCUT2D eigenvalue weighted by Crippen LogP contribution is 2.23. The monoisotopic (exact) mass is 276 g/mol. The standard InChI is InChI=1S/C19H20N2/c1-3-9-16(10-4-1)15-17-11-7-8-14-19(17)21-20-18-12-5-2-6-13-18/h1-6,9-10,12-13,15,20H,7-8,11,14H2/b17-15+,21-19+. The lowest BCUT2D eigenvalue weighted by Gasteiger charge is -2.17. The lowest BCUT2D eigenvalue weighted by molar-refractivity contribution is 0.734. The molecule has 0 radical (unpaired) electrons. The number of para-hydroxylation sites is 1. The number of hydrazone groups is 1. The van der Waals surface area contributed by atoms with Crippen LogP contribution in [0.2, 0.25) is 0 Å². The predicted molar refractivity (Wildman–Crippen MR) is 90.4 cm³/mol. The van der Waals surface area contributed by atoms with Crippen LogP contribution in [-0.4, -0.2) is 5.71 Å². The number of hydrogen-bond acceptors (Lipinski definition) is 2. The molecule has 0 spiro atoms. The van der Waals surface area contributed by atoms with Crippen LogP contribution in [0.1, 0.15) is 31.2 Å². The molecule has 2 aromatic carbocycles. The number of nitrogens with zero attached hydrogens (tertiary/aromatic N) is 1. The van der Waals surface area contributed by atoms with E-state index in [9.17, 15) is 0 Å². The highest BCUT2D eigenvalue weighted by atomic mass is 15.3. The van der Waals surface area contributed by atoms with Crippen molar-refractivity contribution < 1.29 is 0 Å². The van der Waals surface area contributed by atoms with Crippen molar-refractivity contribution in [2.24, 2.45) is 5.10 Å². The third-order valence-corrected chi connectivity index (χ3v) is 3.71. The summed E-state index contributed by atoms with van der Waals surface area (Å²) in [6.07, 6.45) is 6.91. The van der Waals surface area contributed by atoms with Gasteiger partial charge >= 0.3 is 0 Å². The number of nitrogens with one attached hydrogen (secondary N) is 1. The van der Waals surface area contributed by atoms with Crippen LogP contribution in [0.5, 0.6) is 0 Å². The number of anilines is 1. The van der Waals surface area contributed by atoms with Crippen molar-refractivity contribution >= 4 is 17.5 Å². The van der Waals surface area contributed by atoms with Gasteiger partial charge in [-0.05, 0) is 55.0 Å². The summed E-state index contributed by atoms with van der Waals surface area (Å²) in [6.45, 7) is 0. The number of rotatable bonds is 3. The Bertz CT molecular complexity index is 627. The Hall–Kier alpha value is -2.35. The lowest BCUT2D eigenvalue weighted by Crippen LogP contribution is -2.11. The van der Waals surface area contributed by atoms with E-state index >= 15 is 0 Å². The first-order chi connectivity index (χ1) is 10.4. The minimum Gasteiger partial charge on any atom is -0.278 e. The molecule has 0 amide bonds. The Balaban J connectivity index is 1.80. The molecule has 0 aliphatic heterocycles. The number of allylic oxidation sites excluding steroid dienone is 1. The van der Waals surface area contributed by atoms with Crippen LogP contribution in [0, 0.1) is 0 Å². The van der Waals surface area contributed by atoms with Crippen molar-refractivity contribution in [3.05, 3.63) is 71.8 Å². The van der Waals surface area contributed by atoms with Crippen LogP contribution in [0.15, 0.2) is 71.3 Å². The summed E-state index contributed by atoms with van der Waals surface area (Å²) in [6, 6.07) is 20.6. The molecule has 0 heterocycles. The van der Waals surface area contributed by atoms with Crippen LogP contribution in [0.3, 0.4) is 0 Å².